The average molecular weight is 270 g/mol. The molecule has 4 unspecified atom stereocenters. The van der Waals surface area contributed by atoms with Crippen molar-refractivity contribution in [1.29, 1.82) is 0 Å². The number of ether oxygens (including phenoxy) is 1. The van der Waals surface area contributed by atoms with Gasteiger partial charge in [0.25, 0.3) is 0 Å². The standard InChI is InChI=1S/C14H26N2O3/c1-16(8-11(17)9-19-2)14(18)13-7-10-5-3-4-6-12(10)15-13/h10-13,15,17H,3-9H2,1-2H3. The Balaban J connectivity index is 1.82. The highest BCUT2D eigenvalue weighted by molar-refractivity contribution is 5.82. The lowest BCUT2D eigenvalue weighted by atomic mass is 9.85. The maximum atomic E-state index is 12.3. The molecule has 4 atom stereocenters. The molecule has 2 rings (SSSR count). The minimum Gasteiger partial charge on any atom is -0.389 e. The summed E-state index contributed by atoms with van der Waals surface area (Å²) in [4.78, 5) is 14.0. The molecule has 0 spiro atoms. The fourth-order valence-electron chi connectivity index (χ4n) is 3.43. The van der Waals surface area contributed by atoms with Crippen molar-refractivity contribution in [1.82, 2.24) is 10.2 Å². The highest BCUT2D eigenvalue weighted by atomic mass is 16.5. The molecule has 1 aliphatic carbocycles. The van der Waals surface area contributed by atoms with Crippen LogP contribution in [-0.2, 0) is 9.53 Å². The molecular weight excluding hydrogens is 244 g/mol. The van der Waals surface area contributed by atoms with Gasteiger partial charge in [-0.1, -0.05) is 12.8 Å². The van der Waals surface area contributed by atoms with E-state index in [2.05, 4.69) is 5.32 Å². The first kappa shape index (κ1) is 14.8. The van der Waals surface area contributed by atoms with E-state index < -0.39 is 6.10 Å². The first-order valence-electron chi connectivity index (χ1n) is 7.30. The lowest BCUT2D eigenvalue weighted by molar-refractivity contribution is -0.133. The monoisotopic (exact) mass is 270 g/mol. The molecule has 19 heavy (non-hydrogen) atoms. The molecule has 5 heteroatoms. The lowest BCUT2D eigenvalue weighted by Gasteiger charge is -2.25. The van der Waals surface area contributed by atoms with E-state index in [4.69, 9.17) is 4.74 Å². The minimum absolute atomic E-state index is 0.0622. The zero-order chi connectivity index (χ0) is 13.8. The van der Waals surface area contributed by atoms with Gasteiger partial charge in [0.05, 0.1) is 18.8 Å². The van der Waals surface area contributed by atoms with Gasteiger partial charge in [-0.3, -0.25) is 4.79 Å². The number of nitrogens with one attached hydrogen (secondary N) is 1. The fraction of sp³-hybridized carbons (Fsp3) is 0.929. The summed E-state index contributed by atoms with van der Waals surface area (Å²) in [6.45, 7) is 0.598. The largest absolute Gasteiger partial charge is 0.389 e. The molecule has 1 amide bonds. The Hall–Kier alpha value is -0.650. The third-order valence-electron chi connectivity index (χ3n) is 4.38. The summed E-state index contributed by atoms with van der Waals surface area (Å²) in [6.07, 6.45) is 5.36. The predicted molar refractivity (Wildman–Crippen MR) is 72.8 cm³/mol. The van der Waals surface area contributed by atoms with Crippen LogP contribution >= 0.6 is 0 Å². The maximum absolute atomic E-state index is 12.3. The van der Waals surface area contributed by atoms with Crippen molar-refractivity contribution < 1.29 is 14.6 Å². The van der Waals surface area contributed by atoms with Crippen LogP contribution in [0.1, 0.15) is 32.1 Å². The number of likely N-dealkylation sites (N-methyl/N-ethyl adjacent to an activating group) is 1. The molecule has 5 nitrogen and oxygen atoms in total. The van der Waals surface area contributed by atoms with Crippen molar-refractivity contribution in [2.45, 2.75) is 50.3 Å². The van der Waals surface area contributed by atoms with Crippen LogP contribution in [0.25, 0.3) is 0 Å². The van der Waals surface area contributed by atoms with Gasteiger partial charge < -0.3 is 20.1 Å². The molecule has 0 aromatic heterocycles. The van der Waals surface area contributed by atoms with Gasteiger partial charge in [-0.2, -0.15) is 0 Å². The van der Waals surface area contributed by atoms with Crippen molar-refractivity contribution >= 4 is 5.91 Å². The van der Waals surface area contributed by atoms with Crippen LogP contribution in [0.5, 0.6) is 0 Å². The zero-order valence-electron chi connectivity index (χ0n) is 12.0. The summed E-state index contributed by atoms with van der Waals surface area (Å²) < 4.78 is 4.88. The molecule has 0 radical (unpaired) electrons. The first-order valence-corrected chi connectivity index (χ1v) is 7.30. The highest BCUT2D eigenvalue weighted by Gasteiger charge is 2.39. The lowest BCUT2D eigenvalue weighted by Crippen LogP contribution is -2.46. The topological polar surface area (TPSA) is 61.8 Å². The number of aliphatic hydroxyl groups excluding tert-OH is 1. The first-order chi connectivity index (χ1) is 9.11. The van der Waals surface area contributed by atoms with Gasteiger partial charge in [0.15, 0.2) is 0 Å². The number of hydrogen-bond acceptors (Lipinski definition) is 4. The highest BCUT2D eigenvalue weighted by Crippen LogP contribution is 2.33. The quantitative estimate of drug-likeness (QED) is 0.758. The van der Waals surface area contributed by atoms with Crippen LogP contribution in [0, 0.1) is 5.92 Å². The molecule has 0 aromatic carbocycles. The van der Waals surface area contributed by atoms with Crippen molar-refractivity contribution in [2.24, 2.45) is 5.92 Å². The van der Waals surface area contributed by atoms with Crippen LogP contribution in [0.3, 0.4) is 0 Å². The van der Waals surface area contributed by atoms with Crippen molar-refractivity contribution in [3.63, 3.8) is 0 Å². The smallest absolute Gasteiger partial charge is 0.239 e. The van der Waals surface area contributed by atoms with Gasteiger partial charge in [0.1, 0.15) is 0 Å². The molecule has 2 aliphatic rings. The van der Waals surface area contributed by atoms with Gasteiger partial charge in [-0.15, -0.1) is 0 Å². The third-order valence-corrected chi connectivity index (χ3v) is 4.38. The van der Waals surface area contributed by atoms with Crippen LogP contribution in [0.4, 0.5) is 0 Å². The Morgan fingerprint density at radius 2 is 2.21 bits per heavy atom. The normalized spacial score (nSPS) is 31.8. The fourth-order valence-corrected chi connectivity index (χ4v) is 3.43. The number of carbonyl (C=O) groups is 1. The van der Waals surface area contributed by atoms with Gasteiger partial charge in [0.2, 0.25) is 5.91 Å². The Labute approximate surface area is 115 Å². The van der Waals surface area contributed by atoms with E-state index in [0.29, 0.717) is 18.5 Å². The van der Waals surface area contributed by atoms with Gasteiger partial charge >= 0.3 is 0 Å². The Bertz CT molecular complexity index is 297. The van der Waals surface area contributed by atoms with Crippen molar-refractivity contribution in [3.05, 3.63) is 0 Å². The van der Waals surface area contributed by atoms with Gasteiger partial charge in [0, 0.05) is 26.7 Å². The molecule has 2 fully saturated rings. The molecule has 1 aliphatic heterocycles. The van der Waals surface area contributed by atoms with E-state index in [1.54, 1.807) is 19.1 Å². The number of nitrogens with zero attached hydrogens (tertiary/aromatic N) is 1. The average Bonchev–Trinajstić information content (AvgIpc) is 2.81. The second-order valence-electron chi connectivity index (χ2n) is 5.93. The number of carbonyl (C=O) groups excluding carboxylic acids is 1. The summed E-state index contributed by atoms with van der Waals surface area (Å²) >= 11 is 0. The van der Waals surface area contributed by atoms with Crippen molar-refractivity contribution in [3.8, 4) is 0 Å². The van der Waals surface area contributed by atoms with E-state index in [1.807, 2.05) is 0 Å². The summed E-state index contributed by atoms with van der Waals surface area (Å²) in [5, 5.41) is 13.2. The van der Waals surface area contributed by atoms with E-state index in [-0.39, 0.29) is 18.6 Å². The van der Waals surface area contributed by atoms with Crippen LogP contribution in [0.15, 0.2) is 0 Å². The number of fused-ring (bicyclic) bond motifs is 1. The van der Waals surface area contributed by atoms with E-state index in [9.17, 15) is 9.90 Å². The van der Waals surface area contributed by atoms with Crippen LogP contribution in [-0.4, -0.2) is 61.4 Å². The summed E-state index contributed by atoms with van der Waals surface area (Å²) in [5.74, 6) is 0.768. The van der Waals surface area contributed by atoms with Crippen LogP contribution in [0.2, 0.25) is 0 Å². The number of aliphatic hydroxyl groups is 1. The number of amides is 1. The number of hydrogen-bond donors (Lipinski definition) is 2. The van der Waals surface area contributed by atoms with E-state index in [1.165, 1.54) is 25.7 Å². The van der Waals surface area contributed by atoms with Gasteiger partial charge in [-0.05, 0) is 25.2 Å². The summed E-state index contributed by atoms with van der Waals surface area (Å²) in [7, 11) is 3.30. The molecule has 1 heterocycles. The second-order valence-corrected chi connectivity index (χ2v) is 5.93. The van der Waals surface area contributed by atoms with E-state index >= 15 is 0 Å². The van der Waals surface area contributed by atoms with Crippen molar-refractivity contribution in [2.75, 3.05) is 27.3 Å². The molecular formula is C14H26N2O3. The summed E-state index contributed by atoms with van der Waals surface area (Å²) in [6, 6.07) is 0.466. The summed E-state index contributed by atoms with van der Waals surface area (Å²) in [5.41, 5.74) is 0. The second kappa shape index (κ2) is 6.68. The SMILES string of the molecule is COCC(O)CN(C)C(=O)C1CC2CCCCC2N1. The number of rotatable bonds is 5. The third kappa shape index (κ3) is 3.68. The Morgan fingerprint density at radius 3 is 2.89 bits per heavy atom. The molecule has 0 bridgehead atoms. The molecule has 110 valence electrons. The Morgan fingerprint density at radius 1 is 1.47 bits per heavy atom. The van der Waals surface area contributed by atoms with Gasteiger partial charge in [-0.25, -0.2) is 0 Å². The predicted octanol–water partition coefficient (Wildman–Crippen LogP) is 0.373. The zero-order valence-corrected chi connectivity index (χ0v) is 12.0. The van der Waals surface area contributed by atoms with Crippen LogP contribution < -0.4 is 5.32 Å². The maximum Gasteiger partial charge on any atom is 0.239 e. The number of methoxy groups -OCH3 is 1. The molecule has 1 saturated heterocycles. The molecule has 2 N–H and O–H groups in total. The molecule has 0 aromatic rings. The Kier molecular flexibility index (Phi) is 5.19. The minimum atomic E-state index is -0.609. The molecule has 1 saturated carbocycles. The van der Waals surface area contributed by atoms with E-state index in [0.717, 1.165) is 6.42 Å².